The quantitative estimate of drug-likeness (QED) is 0.454. The number of carbonyl (C=O) groups excluding carboxylic acids is 1. The van der Waals surface area contributed by atoms with Crippen LogP contribution in [0.3, 0.4) is 0 Å². The number of aryl methyl sites for hydroxylation is 1. The Morgan fingerprint density at radius 1 is 1.06 bits per heavy atom. The second-order valence-corrected chi connectivity index (χ2v) is 11.7. The van der Waals surface area contributed by atoms with Gasteiger partial charge in [-0.1, -0.05) is 47.7 Å². The Labute approximate surface area is 188 Å². The number of hydrogen-bond donors (Lipinski definition) is 0. The molecule has 1 saturated heterocycles. The van der Waals surface area contributed by atoms with Crippen molar-refractivity contribution in [1.29, 1.82) is 0 Å². The van der Waals surface area contributed by atoms with E-state index in [1.54, 1.807) is 17.5 Å². The number of amides is 1. The molecule has 2 aromatic carbocycles. The molecule has 6 nitrogen and oxygen atoms in total. The van der Waals surface area contributed by atoms with Gasteiger partial charge < -0.3 is 4.57 Å². The van der Waals surface area contributed by atoms with Crippen molar-refractivity contribution in [2.45, 2.75) is 17.1 Å². The lowest BCUT2D eigenvalue weighted by Crippen LogP contribution is -2.40. The van der Waals surface area contributed by atoms with Crippen LogP contribution in [0, 0.1) is 5.92 Å². The molecule has 0 aliphatic carbocycles. The van der Waals surface area contributed by atoms with E-state index in [0.717, 1.165) is 21.0 Å². The summed E-state index contributed by atoms with van der Waals surface area (Å²) in [6.07, 6.45) is 0.981. The molecule has 1 amide bonds. The predicted octanol–water partition coefficient (Wildman–Crippen LogP) is 3.98. The maximum absolute atomic E-state index is 12.9. The first-order valence-electron chi connectivity index (χ1n) is 10.0. The summed E-state index contributed by atoms with van der Waals surface area (Å²) in [6, 6.07) is 15.7. The highest BCUT2D eigenvalue weighted by atomic mass is 32.2. The molecule has 31 heavy (non-hydrogen) atoms. The maximum Gasteiger partial charge on any atom is 0.252 e. The summed E-state index contributed by atoms with van der Waals surface area (Å²) in [5, 5.41) is 4.08. The van der Waals surface area contributed by atoms with Gasteiger partial charge in [0.05, 0.1) is 10.2 Å². The van der Waals surface area contributed by atoms with Crippen molar-refractivity contribution in [3.63, 3.8) is 0 Å². The van der Waals surface area contributed by atoms with E-state index >= 15 is 0 Å². The number of aromatic nitrogens is 1. The van der Waals surface area contributed by atoms with Crippen LogP contribution in [0.4, 0.5) is 0 Å². The lowest BCUT2D eigenvalue weighted by molar-refractivity contribution is -0.122. The second-order valence-electron chi connectivity index (χ2n) is 7.64. The van der Waals surface area contributed by atoms with E-state index < -0.39 is 10.0 Å². The lowest BCUT2D eigenvalue weighted by Gasteiger charge is -2.29. The Morgan fingerprint density at radius 2 is 1.84 bits per heavy atom. The third kappa shape index (κ3) is 3.65. The Balaban J connectivity index is 1.39. The first-order chi connectivity index (χ1) is 14.9. The van der Waals surface area contributed by atoms with E-state index in [0.29, 0.717) is 34.9 Å². The maximum atomic E-state index is 12.9. The van der Waals surface area contributed by atoms with Crippen LogP contribution in [-0.2, 0) is 21.9 Å². The van der Waals surface area contributed by atoms with Crippen molar-refractivity contribution < 1.29 is 13.2 Å². The highest BCUT2D eigenvalue weighted by Crippen LogP contribution is 2.28. The van der Waals surface area contributed by atoms with Gasteiger partial charge in [-0.05, 0) is 35.7 Å². The van der Waals surface area contributed by atoms with Crippen molar-refractivity contribution in [3.8, 4) is 0 Å². The minimum absolute atomic E-state index is 0.167. The number of rotatable bonds is 3. The molecule has 1 fully saturated rings. The summed E-state index contributed by atoms with van der Waals surface area (Å²) in [4.78, 5) is 18.0. The first kappa shape index (κ1) is 20.6. The molecule has 0 bridgehead atoms. The van der Waals surface area contributed by atoms with Crippen molar-refractivity contribution in [1.82, 2.24) is 8.87 Å². The number of nitrogens with zero attached hydrogens (tertiary/aromatic N) is 3. The largest absolute Gasteiger partial charge is 0.319 e. The number of piperidine rings is 1. The van der Waals surface area contributed by atoms with Crippen molar-refractivity contribution in [3.05, 3.63) is 58.7 Å². The van der Waals surface area contributed by atoms with E-state index in [4.69, 9.17) is 0 Å². The monoisotopic (exact) mass is 471 g/mol. The van der Waals surface area contributed by atoms with Gasteiger partial charge in [0.2, 0.25) is 0 Å². The average Bonchev–Trinajstić information content (AvgIpc) is 3.44. The number of thiophene rings is 1. The molecule has 4 aromatic rings. The van der Waals surface area contributed by atoms with E-state index in [9.17, 15) is 13.2 Å². The van der Waals surface area contributed by atoms with Gasteiger partial charge in [-0.2, -0.15) is 9.30 Å². The van der Waals surface area contributed by atoms with Crippen LogP contribution >= 0.6 is 22.7 Å². The molecule has 2 aromatic heterocycles. The van der Waals surface area contributed by atoms with Gasteiger partial charge >= 0.3 is 0 Å². The molecule has 0 atom stereocenters. The standard InChI is InChI=1S/C22H21N3O3S3/c1-24-18-9-8-15-5-2-3-6-17(15)20(18)30-22(24)23-21(26)16-10-12-25(13-11-16)31(27,28)19-7-4-14-29-19/h2-9,14,16H,10-13H2,1H3. The SMILES string of the molecule is Cn1c(=NC(=O)C2CCN(S(=O)(=O)c3cccs3)CC2)sc2c3ccccc3ccc21. The normalized spacial score (nSPS) is 17.0. The molecule has 3 heterocycles. The first-order valence-corrected chi connectivity index (χ1v) is 13.2. The molecule has 0 N–H and O–H groups in total. The molecule has 5 rings (SSSR count). The molecule has 160 valence electrons. The average molecular weight is 472 g/mol. The fourth-order valence-electron chi connectivity index (χ4n) is 4.03. The lowest BCUT2D eigenvalue weighted by atomic mass is 9.98. The van der Waals surface area contributed by atoms with Crippen LogP contribution in [0.5, 0.6) is 0 Å². The van der Waals surface area contributed by atoms with Gasteiger partial charge in [-0.3, -0.25) is 4.79 Å². The van der Waals surface area contributed by atoms with Crippen LogP contribution < -0.4 is 4.80 Å². The summed E-state index contributed by atoms with van der Waals surface area (Å²) in [6.45, 7) is 0.685. The predicted molar refractivity (Wildman–Crippen MR) is 125 cm³/mol. The zero-order chi connectivity index (χ0) is 21.6. The summed E-state index contributed by atoms with van der Waals surface area (Å²) >= 11 is 2.74. The van der Waals surface area contributed by atoms with Crippen LogP contribution in [0.2, 0.25) is 0 Å². The summed E-state index contributed by atoms with van der Waals surface area (Å²) < 4.78 is 30.3. The van der Waals surface area contributed by atoms with Crippen molar-refractivity contribution >= 4 is 59.6 Å². The molecule has 0 unspecified atom stereocenters. The van der Waals surface area contributed by atoms with Crippen LogP contribution in [0.15, 0.2) is 63.1 Å². The Kier molecular flexibility index (Phi) is 5.29. The number of hydrogen-bond acceptors (Lipinski definition) is 5. The van der Waals surface area contributed by atoms with Gasteiger partial charge in [0.15, 0.2) is 4.80 Å². The number of carbonyl (C=O) groups is 1. The number of fused-ring (bicyclic) bond motifs is 3. The fourth-order valence-corrected chi connectivity index (χ4v) is 7.80. The molecule has 9 heteroatoms. The highest BCUT2D eigenvalue weighted by molar-refractivity contribution is 7.91. The van der Waals surface area contributed by atoms with E-state index in [1.807, 2.05) is 23.7 Å². The van der Waals surface area contributed by atoms with E-state index in [-0.39, 0.29) is 11.8 Å². The molecule has 0 spiro atoms. The van der Waals surface area contributed by atoms with E-state index in [1.165, 1.54) is 27.0 Å². The van der Waals surface area contributed by atoms with Crippen molar-refractivity contribution in [2.75, 3.05) is 13.1 Å². The van der Waals surface area contributed by atoms with Gasteiger partial charge in [0.1, 0.15) is 4.21 Å². The molecular weight excluding hydrogens is 450 g/mol. The topological polar surface area (TPSA) is 71.7 Å². The van der Waals surface area contributed by atoms with Gasteiger partial charge in [-0.25, -0.2) is 8.42 Å². The zero-order valence-electron chi connectivity index (χ0n) is 16.9. The fraction of sp³-hybridized carbons (Fsp3) is 0.273. The van der Waals surface area contributed by atoms with Crippen LogP contribution in [-0.4, -0.2) is 36.3 Å². The van der Waals surface area contributed by atoms with Gasteiger partial charge in [-0.15, -0.1) is 11.3 Å². The Morgan fingerprint density at radius 3 is 2.58 bits per heavy atom. The summed E-state index contributed by atoms with van der Waals surface area (Å²) in [7, 11) is -1.54. The van der Waals surface area contributed by atoms with Crippen LogP contribution in [0.1, 0.15) is 12.8 Å². The van der Waals surface area contributed by atoms with Gasteiger partial charge in [0, 0.05) is 31.4 Å². The molecule has 0 radical (unpaired) electrons. The molecule has 1 aliphatic heterocycles. The smallest absolute Gasteiger partial charge is 0.252 e. The minimum atomic E-state index is -3.46. The third-order valence-electron chi connectivity index (χ3n) is 5.80. The van der Waals surface area contributed by atoms with Crippen molar-refractivity contribution in [2.24, 2.45) is 18.0 Å². The summed E-state index contributed by atoms with van der Waals surface area (Å²) in [5.41, 5.74) is 1.05. The number of benzene rings is 2. The summed E-state index contributed by atoms with van der Waals surface area (Å²) in [5.74, 6) is -0.420. The van der Waals surface area contributed by atoms with Crippen LogP contribution in [0.25, 0.3) is 21.0 Å². The second kappa shape index (κ2) is 7.98. The number of thiazole rings is 1. The molecule has 0 saturated carbocycles. The minimum Gasteiger partial charge on any atom is -0.319 e. The molecule has 1 aliphatic rings. The molecular formula is C22H21N3O3S3. The third-order valence-corrected chi connectivity index (χ3v) is 10.3. The Hall–Kier alpha value is -2.33. The Bertz CT molecular complexity index is 1440. The van der Waals surface area contributed by atoms with E-state index in [2.05, 4.69) is 29.3 Å². The number of sulfonamides is 1. The van der Waals surface area contributed by atoms with Gasteiger partial charge in [0.25, 0.3) is 15.9 Å². The zero-order valence-corrected chi connectivity index (χ0v) is 19.3. The highest BCUT2D eigenvalue weighted by Gasteiger charge is 2.32.